The van der Waals surface area contributed by atoms with E-state index < -0.39 is 51.7 Å². The topological polar surface area (TPSA) is 248 Å². The van der Waals surface area contributed by atoms with Crippen molar-refractivity contribution in [3.05, 3.63) is 76.8 Å². The lowest BCUT2D eigenvalue weighted by Gasteiger charge is -2.37. The van der Waals surface area contributed by atoms with E-state index in [-0.39, 0.29) is 68.2 Å². The van der Waals surface area contributed by atoms with E-state index in [2.05, 4.69) is 16.0 Å². The molecule has 3 atom stereocenters. The van der Waals surface area contributed by atoms with Gasteiger partial charge in [-0.2, -0.15) is 4.31 Å². The molecule has 1 saturated heterocycles. The SMILES string of the molecule is CN(C)C(=O)[C@H](Cc1ccc(C(=N)N)cc1)C(=O)N[C@H](C(=O)N[C@@H](CCCNC(=N)N)C(=O)N1CCN(S(=O)(=O)c2ccc3ccc(Cl)cc3c2)CC1)C1CCCCC1. The summed E-state index contributed by atoms with van der Waals surface area (Å²) < 4.78 is 28.8. The summed E-state index contributed by atoms with van der Waals surface area (Å²) in [5.74, 6) is -3.77. The summed E-state index contributed by atoms with van der Waals surface area (Å²) in [6.07, 6.45) is 4.60. The molecule has 2 aliphatic rings. The predicted molar refractivity (Wildman–Crippen MR) is 227 cm³/mol. The van der Waals surface area contributed by atoms with E-state index >= 15 is 0 Å². The molecule has 0 aromatic heterocycles. The Morgan fingerprint density at radius 1 is 0.864 bits per heavy atom. The molecular weight excluding hydrogens is 796 g/mol. The monoisotopic (exact) mass is 850 g/mol. The van der Waals surface area contributed by atoms with Gasteiger partial charge in [-0.1, -0.05) is 67.3 Å². The number of amidine groups is 1. The van der Waals surface area contributed by atoms with Crippen molar-refractivity contribution in [3.63, 3.8) is 0 Å². The molecule has 318 valence electrons. The summed E-state index contributed by atoms with van der Waals surface area (Å²) in [6.45, 7) is 0.504. The normalized spacial score (nSPS) is 16.7. The number of hydrogen-bond donors (Lipinski definition) is 7. The number of fused-ring (bicyclic) bond motifs is 1. The van der Waals surface area contributed by atoms with E-state index in [0.29, 0.717) is 40.8 Å². The Balaban J connectivity index is 1.32. The molecule has 0 radical (unpaired) electrons. The Morgan fingerprint density at radius 2 is 1.53 bits per heavy atom. The van der Waals surface area contributed by atoms with Crippen LogP contribution in [0, 0.1) is 22.7 Å². The highest BCUT2D eigenvalue weighted by Crippen LogP contribution is 2.28. The number of sulfonamides is 1. The molecule has 9 N–H and O–H groups in total. The number of amides is 4. The molecule has 0 spiro atoms. The number of nitrogens with zero attached hydrogens (tertiary/aromatic N) is 3. The van der Waals surface area contributed by atoms with Crippen LogP contribution in [-0.2, 0) is 35.6 Å². The Hall–Kier alpha value is -5.26. The molecule has 2 fully saturated rings. The van der Waals surface area contributed by atoms with Crippen LogP contribution in [0.25, 0.3) is 10.8 Å². The van der Waals surface area contributed by atoms with E-state index in [1.807, 2.05) is 6.07 Å². The second-order valence-electron chi connectivity index (χ2n) is 15.4. The molecule has 1 saturated carbocycles. The van der Waals surface area contributed by atoms with Gasteiger partial charge in [-0.05, 0) is 78.6 Å². The van der Waals surface area contributed by atoms with Gasteiger partial charge in [-0.3, -0.25) is 30.0 Å². The second-order valence-corrected chi connectivity index (χ2v) is 17.8. The number of rotatable bonds is 16. The minimum atomic E-state index is -3.90. The summed E-state index contributed by atoms with van der Waals surface area (Å²) in [5.41, 5.74) is 12.3. The molecule has 1 aliphatic heterocycles. The van der Waals surface area contributed by atoms with Crippen molar-refractivity contribution in [1.29, 1.82) is 10.8 Å². The maximum atomic E-state index is 14.4. The second kappa shape index (κ2) is 20.1. The van der Waals surface area contributed by atoms with Crippen LogP contribution in [0.1, 0.15) is 56.1 Å². The molecule has 1 heterocycles. The predicted octanol–water partition coefficient (Wildman–Crippen LogP) is 2.37. The molecule has 18 heteroatoms. The molecule has 3 aromatic rings. The van der Waals surface area contributed by atoms with Crippen molar-refractivity contribution in [2.24, 2.45) is 23.3 Å². The van der Waals surface area contributed by atoms with Crippen molar-refractivity contribution in [3.8, 4) is 0 Å². The highest BCUT2D eigenvalue weighted by molar-refractivity contribution is 7.89. The number of hydrogen-bond acceptors (Lipinski definition) is 8. The number of guanidine groups is 1. The largest absolute Gasteiger partial charge is 0.384 e. The lowest BCUT2D eigenvalue weighted by atomic mass is 9.83. The summed E-state index contributed by atoms with van der Waals surface area (Å²) in [5, 5.41) is 25.8. The van der Waals surface area contributed by atoms with Crippen LogP contribution < -0.4 is 27.4 Å². The van der Waals surface area contributed by atoms with E-state index in [1.165, 1.54) is 14.1 Å². The zero-order valence-corrected chi connectivity index (χ0v) is 35.1. The van der Waals surface area contributed by atoms with Crippen molar-refractivity contribution in [2.75, 3.05) is 46.8 Å². The lowest BCUT2D eigenvalue weighted by molar-refractivity contribution is -0.143. The smallest absolute Gasteiger partial charge is 0.245 e. The summed E-state index contributed by atoms with van der Waals surface area (Å²) in [6, 6.07) is 14.8. The highest BCUT2D eigenvalue weighted by Gasteiger charge is 2.38. The van der Waals surface area contributed by atoms with E-state index in [9.17, 15) is 27.6 Å². The first-order chi connectivity index (χ1) is 28.0. The lowest BCUT2D eigenvalue weighted by Crippen LogP contribution is -2.60. The van der Waals surface area contributed by atoms with Crippen LogP contribution in [0.3, 0.4) is 0 Å². The van der Waals surface area contributed by atoms with Gasteiger partial charge in [0.15, 0.2) is 5.96 Å². The number of benzene rings is 3. The first-order valence-electron chi connectivity index (χ1n) is 19.9. The first-order valence-corrected chi connectivity index (χ1v) is 21.7. The maximum absolute atomic E-state index is 14.4. The van der Waals surface area contributed by atoms with Crippen molar-refractivity contribution in [1.82, 2.24) is 30.1 Å². The van der Waals surface area contributed by atoms with Gasteiger partial charge in [-0.15, -0.1) is 0 Å². The molecule has 0 unspecified atom stereocenters. The molecule has 59 heavy (non-hydrogen) atoms. The average Bonchev–Trinajstić information content (AvgIpc) is 3.22. The van der Waals surface area contributed by atoms with Gasteiger partial charge in [-0.25, -0.2) is 8.42 Å². The number of nitrogens with two attached hydrogens (primary N) is 2. The zero-order valence-electron chi connectivity index (χ0n) is 33.5. The van der Waals surface area contributed by atoms with Crippen molar-refractivity contribution < 1.29 is 27.6 Å². The molecule has 1 aliphatic carbocycles. The third kappa shape index (κ3) is 11.7. The third-order valence-electron chi connectivity index (χ3n) is 11.0. The summed E-state index contributed by atoms with van der Waals surface area (Å²) in [7, 11) is -0.789. The van der Waals surface area contributed by atoms with Crippen LogP contribution in [0.4, 0.5) is 0 Å². The number of nitrogens with one attached hydrogen (secondary N) is 5. The summed E-state index contributed by atoms with van der Waals surface area (Å²) >= 11 is 6.16. The number of piperazine rings is 1. The van der Waals surface area contributed by atoms with E-state index in [1.54, 1.807) is 68.7 Å². The average molecular weight is 851 g/mol. The standard InChI is InChI=1S/C41H55ClN10O6S/c1-50(2)39(55)33(23-26-10-12-29(13-11-26)36(43)44)37(53)49-35(28-7-4-3-5-8-28)38(54)48-34(9-6-18-47-41(45)46)40(56)51-19-21-52(22-20-51)59(57,58)32-17-15-27-14-16-31(42)24-30(27)25-32/h10-17,24-25,28,33-35H,3-9,18-23H2,1-2H3,(H3,43,44)(H,48,54)(H,49,53)(H4,45,46,47)/t33-,34+,35+/m1/s1. The number of halogens is 1. The van der Waals surface area contributed by atoms with Crippen molar-refractivity contribution in [2.45, 2.75) is 68.3 Å². The van der Waals surface area contributed by atoms with Gasteiger partial charge < -0.3 is 37.2 Å². The van der Waals surface area contributed by atoms with Crippen LogP contribution in [-0.4, -0.2) is 117 Å². The van der Waals surface area contributed by atoms with Crippen molar-refractivity contribution >= 4 is 67.8 Å². The fraction of sp³-hybridized carbons (Fsp3) is 0.463. The number of carbonyl (C=O) groups excluding carboxylic acids is 4. The minimum absolute atomic E-state index is 0.0355. The fourth-order valence-corrected chi connectivity index (χ4v) is 9.34. The minimum Gasteiger partial charge on any atom is -0.384 e. The third-order valence-corrected chi connectivity index (χ3v) is 13.2. The van der Waals surface area contributed by atoms with Gasteiger partial charge in [0.25, 0.3) is 0 Å². The zero-order chi connectivity index (χ0) is 42.9. The molecule has 5 rings (SSSR count). The van der Waals surface area contributed by atoms with Gasteiger partial charge in [0.05, 0.1) is 4.90 Å². The molecule has 3 aromatic carbocycles. The van der Waals surface area contributed by atoms with Gasteiger partial charge in [0.1, 0.15) is 23.8 Å². The van der Waals surface area contributed by atoms with Crippen LogP contribution in [0.15, 0.2) is 65.6 Å². The van der Waals surface area contributed by atoms with Gasteiger partial charge in [0, 0.05) is 57.4 Å². The van der Waals surface area contributed by atoms with E-state index in [4.69, 9.17) is 33.9 Å². The maximum Gasteiger partial charge on any atom is 0.245 e. The first kappa shape index (κ1) is 44.8. The van der Waals surface area contributed by atoms with Crippen LogP contribution >= 0.6 is 11.6 Å². The van der Waals surface area contributed by atoms with Crippen LogP contribution in [0.2, 0.25) is 5.02 Å². The highest BCUT2D eigenvalue weighted by atomic mass is 35.5. The Kier molecular flexibility index (Phi) is 15.3. The molecular formula is C41H55ClN10O6S. The molecule has 16 nitrogen and oxygen atoms in total. The molecule has 0 bridgehead atoms. The number of carbonyl (C=O) groups is 4. The quantitative estimate of drug-likeness (QED) is 0.0483. The Bertz CT molecular complexity index is 2140. The van der Waals surface area contributed by atoms with Crippen LogP contribution in [0.5, 0.6) is 0 Å². The Labute approximate surface area is 350 Å². The van der Waals surface area contributed by atoms with E-state index in [0.717, 1.165) is 24.6 Å². The van der Waals surface area contributed by atoms with Gasteiger partial charge in [0.2, 0.25) is 33.7 Å². The fourth-order valence-electron chi connectivity index (χ4n) is 7.70. The number of nitrogen functional groups attached to an aromatic ring is 1. The summed E-state index contributed by atoms with van der Waals surface area (Å²) in [4.78, 5) is 59.1. The molecule has 4 amide bonds. The Morgan fingerprint density at radius 3 is 2.15 bits per heavy atom. The van der Waals surface area contributed by atoms with Gasteiger partial charge >= 0.3 is 0 Å².